The summed E-state index contributed by atoms with van der Waals surface area (Å²) >= 11 is 0. The Bertz CT molecular complexity index is 669. The number of rotatable bonds is 7. The van der Waals surface area contributed by atoms with Crippen LogP contribution in [0.1, 0.15) is 39.0 Å². The summed E-state index contributed by atoms with van der Waals surface area (Å²) < 4.78 is 10.9. The maximum absolute atomic E-state index is 12.9. The van der Waals surface area contributed by atoms with Crippen molar-refractivity contribution in [2.45, 2.75) is 50.7 Å². The van der Waals surface area contributed by atoms with E-state index in [1.165, 1.54) is 4.90 Å². The standard InChI is InChI=1S/C20H28N2O5/c1-3-26-16-7-9-17(10-8-16)27-14-15(23)13-22-18(24)20(21(2)19(22)25)11-5-4-6-12-20/h7-10,15,23H,3-6,11-14H2,1-2H3/t15-/m0/s1. The Morgan fingerprint density at radius 3 is 2.26 bits per heavy atom. The summed E-state index contributed by atoms with van der Waals surface area (Å²) in [4.78, 5) is 28.2. The molecule has 1 aromatic carbocycles. The summed E-state index contributed by atoms with van der Waals surface area (Å²) in [5.74, 6) is 1.16. The molecule has 0 radical (unpaired) electrons. The number of imide groups is 1. The van der Waals surface area contributed by atoms with Gasteiger partial charge in [0.25, 0.3) is 5.91 Å². The fourth-order valence-electron chi connectivity index (χ4n) is 3.95. The van der Waals surface area contributed by atoms with Crippen LogP contribution in [0.15, 0.2) is 24.3 Å². The zero-order chi connectivity index (χ0) is 19.4. The molecule has 1 atom stereocenters. The van der Waals surface area contributed by atoms with E-state index in [0.29, 0.717) is 25.2 Å². The molecule has 148 valence electrons. The summed E-state index contributed by atoms with van der Waals surface area (Å²) in [6.07, 6.45) is 3.43. The number of benzene rings is 1. The topological polar surface area (TPSA) is 79.3 Å². The molecule has 2 fully saturated rings. The largest absolute Gasteiger partial charge is 0.494 e. The average Bonchev–Trinajstić information content (AvgIpc) is 2.85. The first kappa shape index (κ1) is 19.5. The monoisotopic (exact) mass is 376 g/mol. The van der Waals surface area contributed by atoms with Gasteiger partial charge in [0.15, 0.2) is 0 Å². The van der Waals surface area contributed by atoms with E-state index in [9.17, 15) is 14.7 Å². The molecule has 1 N–H and O–H groups in total. The van der Waals surface area contributed by atoms with Crippen LogP contribution in [0.5, 0.6) is 11.5 Å². The highest BCUT2D eigenvalue weighted by molar-refractivity contribution is 6.07. The third-order valence-corrected chi connectivity index (χ3v) is 5.45. The fraction of sp³-hybridized carbons (Fsp3) is 0.600. The molecule has 2 aliphatic rings. The third-order valence-electron chi connectivity index (χ3n) is 5.45. The average molecular weight is 376 g/mol. The van der Waals surface area contributed by atoms with E-state index < -0.39 is 11.6 Å². The second-order valence-electron chi connectivity index (χ2n) is 7.22. The Hall–Kier alpha value is -2.28. The molecule has 1 aliphatic heterocycles. The zero-order valence-electron chi connectivity index (χ0n) is 16.0. The second-order valence-corrected chi connectivity index (χ2v) is 7.22. The summed E-state index contributed by atoms with van der Waals surface area (Å²) in [5, 5.41) is 10.3. The van der Waals surface area contributed by atoms with Crippen molar-refractivity contribution in [3.63, 3.8) is 0 Å². The molecule has 27 heavy (non-hydrogen) atoms. The minimum Gasteiger partial charge on any atom is -0.494 e. The van der Waals surface area contributed by atoms with E-state index in [4.69, 9.17) is 9.47 Å². The molecule has 0 aromatic heterocycles. The van der Waals surface area contributed by atoms with Gasteiger partial charge in [0.05, 0.1) is 13.2 Å². The molecule has 1 spiro atoms. The highest BCUT2D eigenvalue weighted by Gasteiger charge is 2.55. The van der Waals surface area contributed by atoms with Crippen molar-refractivity contribution in [3.05, 3.63) is 24.3 Å². The fourth-order valence-corrected chi connectivity index (χ4v) is 3.95. The van der Waals surface area contributed by atoms with Gasteiger partial charge in [0.2, 0.25) is 0 Å². The quantitative estimate of drug-likeness (QED) is 0.740. The van der Waals surface area contributed by atoms with Gasteiger partial charge < -0.3 is 19.5 Å². The van der Waals surface area contributed by atoms with Gasteiger partial charge in [-0.05, 0) is 44.0 Å². The number of urea groups is 1. The van der Waals surface area contributed by atoms with E-state index in [1.807, 2.05) is 6.92 Å². The maximum atomic E-state index is 12.9. The number of likely N-dealkylation sites (N-methyl/N-ethyl adjacent to an activating group) is 1. The van der Waals surface area contributed by atoms with Crippen LogP contribution in [0.4, 0.5) is 4.79 Å². The van der Waals surface area contributed by atoms with Crippen molar-refractivity contribution < 1.29 is 24.2 Å². The molecule has 7 nitrogen and oxygen atoms in total. The summed E-state index contributed by atoms with van der Waals surface area (Å²) in [7, 11) is 1.69. The van der Waals surface area contributed by atoms with Crippen LogP contribution in [0.3, 0.4) is 0 Å². The van der Waals surface area contributed by atoms with Gasteiger partial charge in [0.1, 0.15) is 29.7 Å². The lowest BCUT2D eigenvalue weighted by Crippen LogP contribution is -2.49. The number of aliphatic hydroxyl groups excluding tert-OH is 1. The lowest BCUT2D eigenvalue weighted by Gasteiger charge is -2.35. The van der Waals surface area contributed by atoms with Crippen molar-refractivity contribution in [3.8, 4) is 11.5 Å². The van der Waals surface area contributed by atoms with Gasteiger partial charge in [-0.25, -0.2) is 4.79 Å². The van der Waals surface area contributed by atoms with E-state index in [2.05, 4.69) is 0 Å². The Balaban J connectivity index is 1.56. The van der Waals surface area contributed by atoms with Crippen LogP contribution < -0.4 is 9.47 Å². The number of nitrogens with zero attached hydrogens (tertiary/aromatic N) is 2. The van der Waals surface area contributed by atoms with Crippen molar-refractivity contribution in [1.82, 2.24) is 9.80 Å². The van der Waals surface area contributed by atoms with Crippen LogP contribution in [0, 0.1) is 0 Å². The molecule has 3 rings (SSSR count). The smallest absolute Gasteiger partial charge is 0.327 e. The van der Waals surface area contributed by atoms with Crippen molar-refractivity contribution in [2.24, 2.45) is 0 Å². The number of hydrogen-bond acceptors (Lipinski definition) is 5. The Morgan fingerprint density at radius 1 is 1.07 bits per heavy atom. The maximum Gasteiger partial charge on any atom is 0.327 e. The van der Waals surface area contributed by atoms with Gasteiger partial charge in [-0.15, -0.1) is 0 Å². The normalized spacial score (nSPS) is 20.3. The first-order valence-corrected chi connectivity index (χ1v) is 9.61. The van der Waals surface area contributed by atoms with Gasteiger partial charge >= 0.3 is 6.03 Å². The van der Waals surface area contributed by atoms with Gasteiger partial charge in [0, 0.05) is 7.05 Å². The molecule has 1 aromatic rings. The Morgan fingerprint density at radius 2 is 1.67 bits per heavy atom. The highest BCUT2D eigenvalue weighted by atomic mass is 16.5. The molecule has 7 heteroatoms. The predicted octanol–water partition coefficient (Wildman–Crippen LogP) is 2.42. The number of aliphatic hydroxyl groups is 1. The number of carbonyl (C=O) groups excluding carboxylic acids is 2. The summed E-state index contributed by atoms with van der Waals surface area (Å²) in [5.41, 5.74) is -0.717. The Kier molecular flexibility index (Phi) is 5.89. The highest BCUT2D eigenvalue weighted by Crippen LogP contribution is 2.39. The lowest BCUT2D eigenvalue weighted by atomic mass is 9.81. The van der Waals surface area contributed by atoms with Crippen LogP contribution in [0.25, 0.3) is 0 Å². The molecule has 1 aliphatic carbocycles. The summed E-state index contributed by atoms with van der Waals surface area (Å²) in [6.45, 7) is 2.45. The number of β-amino-alcohol motifs (C(OH)–C–C–N with tert-alkyl or cyclic N) is 1. The lowest BCUT2D eigenvalue weighted by molar-refractivity contribution is -0.135. The Labute approximate surface area is 159 Å². The number of hydrogen-bond donors (Lipinski definition) is 1. The van der Waals surface area contributed by atoms with Gasteiger partial charge in [-0.3, -0.25) is 9.69 Å². The molecular formula is C20H28N2O5. The minimum absolute atomic E-state index is 0.00174. The minimum atomic E-state index is -0.948. The van der Waals surface area contributed by atoms with Crippen LogP contribution >= 0.6 is 0 Å². The number of carbonyl (C=O) groups is 2. The van der Waals surface area contributed by atoms with E-state index in [0.717, 1.165) is 25.0 Å². The molecular weight excluding hydrogens is 348 g/mol. The molecule has 1 heterocycles. The van der Waals surface area contributed by atoms with Gasteiger partial charge in [-0.2, -0.15) is 0 Å². The third kappa shape index (κ3) is 3.88. The van der Waals surface area contributed by atoms with Gasteiger partial charge in [-0.1, -0.05) is 19.3 Å². The second kappa shape index (κ2) is 8.17. The zero-order valence-corrected chi connectivity index (χ0v) is 16.0. The summed E-state index contributed by atoms with van der Waals surface area (Å²) in [6, 6.07) is 6.77. The SMILES string of the molecule is CCOc1ccc(OC[C@@H](O)CN2C(=O)N(C)C3(CCCCC3)C2=O)cc1. The predicted molar refractivity (Wildman–Crippen MR) is 99.8 cm³/mol. The first-order valence-electron chi connectivity index (χ1n) is 9.61. The molecule has 0 unspecified atom stereocenters. The van der Waals surface area contributed by atoms with Crippen molar-refractivity contribution >= 4 is 11.9 Å². The van der Waals surface area contributed by atoms with E-state index in [-0.39, 0.29) is 25.1 Å². The van der Waals surface area contributed by atoms with Crippen LogP contribution in [-0.4, -0.2) is 65.3 Å². The first-order chi connectivity index (χ1) is 13.0. The number of ether oxygens (including phenoxy) is 2. The molecule has 1 saturated heterocycles. The van der Waals surface area contributed by atoms with E-state index >= 15 is 0 Å². The van der Waals surface area contributed by atoms with E-state index in [1.54, 1.807) is 36.2 Å². The van der Waals surface area contributed by atoms with Crippen LogP contribution in [-0.2, 0) is 4.79 Å². The van der Waals surface area contributed by atoms with Crippen LogP contribution in [0.2, 0.25) is 0 Å². The molecule has 1 saturated carbocycles. The molecule has 3 amide bonds. The molecule has 0 bridgehead atoms. The number of amides is 3. The van der Waals surface area contributed by atoms with Crippen molar-refractivity contribution in [2.75, 3.05) is 26.8 Å². The van der Waals surface area contributed by atoms with Crippen molar-refractivity contribution in [1.29, 1.82) is 0 Å².